The van der Waals surface area contributed by atoms with Crippen molar-refractivity contribution in [3.8, 4) is 5.75 Å². The lowest BCUT2D eigenvalue weighted by Gasteiger charge is -2.33. The van der Waals surface area contributed by atoms with E-state index in [1.54, 1.807) is 36.1 Å². The monoisotopic (exact) mass is 613 g/mol. The second-order valence-corrected chi connectivity index (χ2v) is 10.7. The van der Waals surface area contributed by atoms with Crippen molar-refractivity contribution in [1.82, 2.24) is 9.47 Å². The van der Waals surface area contributed by atoms with Crippen LogP contribution in [0.2, 0.25) is 0 Å². The van der Waals surface area contributed by atoms with Crippen molar-refractivity contribution in [2.75, 3.05) is 31.6 Å². The summed E-state index contributed by atoms with van der Waals surface area (Å²) in [6.45, 7) is 1.30. The predicted molar refractivity (Wildman–Crippen MR) is 154 cm³/mol. The number of anilines is 1. The number of aromatic nitrogens is 1. The van der Waals surface area contributed by atoms with Crippen LogP contribution in [-0.2, 0) is 9.45 Å². The summed E-state index contributed by atoms with van der Waals surface area (Å²) < 4.78 is 68.0. The smallest absolute Gasteiger partial charge is 0.492 e. The Morgan fingerprint density at radius 2 is 1.91 bits per heavy atom. The average molecular weight is 613 g/mol. The number of rotatable bonds is 9. The van der Waals surface area contributed by atoms with Gasteiger partial charge < -0.3 is 18.9 Å². The van der Waals surface area contributed by atoms with Gasteiger partial charge in [0.05, 0.1) is 24.6 Å². The Balaban J connectivity index is 1.52. The van der Waals surface area contributed by atoms with Gasteiger partial charge in [-0.25, -0.2) is 22.2 Å². The number of carbonyl (C=O) groups excluding carboxylic acids is 3. The van der Waals surface area contributed by atoms with Crippen LogP contribution in [0.3, 0.4) is 0 Å². The first-order valence-corrected chi connectivity index (χ1v) is 13.9. The van der Waals surface area contributed by atoms with Crippen LogP contribution in [-0.4, -0.2) is 62.0 Å². The van der Waals surface area contributed by atoms with Gasteiger partial charge in [-0.05, 0) is 55.9 Å². The van der Waals surface area contributed by atoms with Crippen LogP contribution < -0.4 is 15.1 Å². The quantitative estimate of drug-likeness (QED) is 0.191. The third kappa shape index (κ3) is 5.93. The molecule has 2 amide bonds. The van der Waals surface area contributed by atoms with E-state index in [2.05, 4.69) is 4.65 Å². The predicted octanol–water partition coefficient (Wildman–Crippen LogP) is 5.00. The molecule has 0 N–H and O–H groups in total. The summed E-state index contributed by atoms with van der Waals surface area (Å²) in [4.78, 5) is 52.4. The molecule has 14 heteroatoms. The Labute approximate surface area is 249 Å². The van der Waals surface area contributed by atoms with Gasteiger partial charge in [0.15, 0.2) is 11.6 Å². The molecule has 1 saturated carbocycles. The van der Waals surface area contributed by atoms with Crippen molar-refractivity contribution in [2.24, 2.45) is 0 Å². The number of piperidine rings is 1. The summed E-state index contributed by atoms with van der Waals surface area (Å²) in [5.74, 6) is -3.83. The molecule has 0 bridgehead atoms. The van der Waals surface area contributed by atoms with Gasteiger partial charge in [0.2, 0.25) is 11.8 Å². The molecular formula is C30H28BF4N3O6. The first-order chi connectivity index (χ1) is 21.0. The minimum absolute atomic E-state index is 0.0383. The van der Waals surface area contributed by atoms with Crippen LogP contribution in [0.25, 0.3) is 10.9 Å². The fourth-order valence-corrected chi connectivity index (χ4v) is 5.53. The van der Waals surface area contributed by atoms with Crippen LogP contribution in [0.4, 0.5) is 23.1 Å². The fraction of sp³-hybridized carbons (Fsp3) is 0.333. The Hall–Kier alpha value is -4.62. The average Bonchev–Trinajstić information content (AvgIpc) is 3.85. The van der Waals surface area contributed by atoms with E-state index in [9.17, 15) is 27.8 Å². The fourth-order valence-electron chi connectivity index (χ4n) is 5.53. The zero-order valence-electron chi connectivity index (χ0n) is 23.9. The SMILES string of the molecule is COc1c(N2CCC/C(=C(\F)CN(C=O)C(=O)c3ccccc3C)C2)c(F)cc2c(=O)c(C(=O)OB(F)F)cn(C3CC3)c12. The largest absolute Gasteiger partial charge is 0.798 e. The summed E-state index contributed by atoms with van der Waals surface area (Å²) in [5, 5.41) is -0.256. The standard InChI is InChI=1S/C30H28BF4N3O6/c1-17-6-3-4-8-20(17)29(41)37(16-39)15-24(33)18-7-5-11-36(13-18)26-23(32)12-21-25(28(26)43-2)38(19-9-10-19)14-22(27(21)40)30(42)44-31(34)35/h3-4,6,8,12,14,16,19H,5,7,9-11,13,15H2,1-2H3/b24-18+. The zero-order valence-corrected chi connectivity index (χ0v) is 23.9. The Kier molecular flexibility index (Phi) is 8.79. The molecule has 1 saturated heterocycles. The molecule has 44 heavy (non-hydrogen) atoms. The van der Waals surface area contributed by atoms with Crippen molar-refractivity contribution in [3.05, 3.63) is 80.7 Å². The Morgan fingerprint density at radius 1 is 1.18 bits per heavy atom. The van der Waals surface area contributed by atoms with E-state index in [1.807, 2.05) is 0 Å². The van der Waals surface area contributed by atoms with Crippen LogP contribution in [0.5, 0.6) is 5.75 Å². The van der Waals surface area contributed by atoms with Crippen molar-refractivity contribution >= 4 is 42.3 Å². The highest BCUT2D eigenvalue weighted by atomic mass is 19.2. The highest BCUT2D eigenvalue weighted by molar-refractivity contribution is 6.38. The maximum absolute atomic E-state index is 15.8. The first kappa shape index (κ1) is 30.8. The number of ether oxygens (including phenoxy) is 1. The van der Waals surface area contributed by atoms with E-state index in [4.69, 9.17) is 4.74 Å². The molecule has 230 valence electrons. The van der Waals surface area contributed by atoms with E-state index < -0.39 is 48.5 Å². The van der Waals surface area contributed by atoms with E-state index in [0.29, 0.717) is 37.8 Å². The second-order valence-electron chi connectivity index (χ2n) is 10.7. The molecule has 0 spiro atoms. The number of methoxy groups -OCH3 is 1. The van der Waals surface area contributed by atoms with Crippen molar-refractivity contribution in [1.29, 1.82) is 0 Å². The summed E-state index contributed by atoms with van der Waals surface area (Å²) in [5.41, 5.74) is -0.400. The molecule has 2 heterocycles. The van der Waals surface area contributed by atoms with Crippen LogP contribution in [0.1, 0.15) is 58.0 Å². The van der Waals surface area contributed by atoms with Gasteiger partial charge in [-0.1, -0.05) is 18.2 Å². The maximum Gasteiger partial charge on any atom is 0.798 e. The number of imide groups is 1. The minimum Gasteiger partial charge on any atom is -0.492 e. The summed E-state index contributed by atoms with van der Waals surface area (Å²) in [6, 6.07) is 7.34. The Morgan fingerprint density at radius 3 is 2.55 bits per heavy atom. The maximum atomic E-state index is 15.8. The topological polar surface area (TPSA) is 98.2 Å². The lowest BCUT2D eigenvalue weighted by Crippen LogP contribution is -2.35. The molecule has 3 aromatic rings. The second kappa shape index (κ2) is 12.5. The number of halogens is 4. The van der Waals surface area contributed by atoms with E-state index in [-0.39, 0.29) is 52.5 Å². The van der Waals surface area contributed by atoms with Gasteiger partial charge in [0, 0.05) is 30.9 Å². The van der Waals surface area contributed by atoms with Crippen molar-refractivity contribution < 1.29 is 41.2 Å². The number of benzene rings is 2. The van der Waals surface area contributed by atoms with Gasteiger partial charge in [-0.3, -0.25) is 19.3 Å². The van der Waals surface area contributed by atoms with Crippen molar-refractivity contribution in [3.63, 3.8) is 0 Å². The normalized spacial score (nSPS) is 16.0. The minimum atomic E-state index is -3.44. The molecule has 1 aliphatic heterocycles. The van der Waals surface area contributed by atoms with Crippen LogP contribution in [0.15, 0.2) is 52.7 Å². The number of hydrogen-bond donors (Lipinski definition) is 0. The van der Waals surface area contributed by atoms with Gasteiger partial charge in [-0.15, -0.1) is 0 Å². The number of aryl methyl sites for hydroxylation is 1. The molecule has 9 nitrogen and oxygen atoms in total. The molecule has 0 atom stereocenters. The molecule has 2 fully saturated rings. The number of pyridine rings is 1. The summed E-state index contributed by atoms with van der Waals surface area (Å²) in [7, 11) is -2.17. The number of hydrogen-bond acceptors (Lipinski definition) is 7. The zero-order chi connectivity index (χ0) is 31.7. The van der Waals surface area contributed by atoms with Gasteiger partial charge in [-0.2, -0.15) is 0 Å². The molecule has 2 aliphatic rings. The van der Waals surface area contributed by atoms with E-state index in [0.717, 1.165) is 17.2 Å². The molecule has 1 aliphatic carbocycles. The molecule has 0 unspecified atom stereocenters. The lowest BCUT2D eigenvalue weighted by atomic mass is 10.0. The van der Waals surface area contributed by atoms with Crippen molar-refractivity contribution in [2.45, 2.75) is 38.6 Å². The summed E-state index contributed by atoms with van der Waals surface area (Å²) in [6.07, 6.45) is 3.42. The van der Waals surface area contributed by atoms with E-state index >= 15 is 8.78 Å². The number of amides is 2. The Bertz CT molecular complexity index is 1740. The lowest BCUT2D eigenvalue weighted by molar-refractivity contribution is -0.115. The highest BCUT2D eigenvalue weighted by Crippen LogP contribution is 2.44. The molecule has 5 rings (SSSR count). The van der Waals surface area contributed by atoms with Gasteiger partial charge >= 0.3 is 13.4 Å². The first-order valence-electron chi connectivity index (χ1n) is 13.9. The van der Waals surface area contributed by atoms with Gasteiger partial charge in [0.25, 0.3) is 5.91 Å². The number of carbonyl (C=O) groups is 3. The van der Waals surface area contributed by atoms with Crippen LogP contribution >= 0.6 is 0 Å². The van der Waals surface area contributed by atoms with Crippen LogP contribution in [0, 0.1) is 12.7 Å². The molecule has 1 aromatic heterocycles. The molecule has 0 radical (unpaired) electrons. The third-order valence-electron chi connectivity index (χ3n) is 7.82. The van der Waals surface area contributed by atoms with Gasteiger partial charge in [0.1, 0.15) is 17.1 Å². The molecular weight excluding hydrogens is 585 g/mol. The molecule has 2 aromatic carbocycles. The third-order valence-corrected chi connectivity index (χ3v) is 7.82. The number of nitrogens with zero attached hydrogens (tertiary/aromatic N) is 3. The van der Waals surface area contributed by atoms with E-state index in [1.165, 1.54) is 11.7 Å². The summed E-state index contributed by atoms with van der Waals surface area (Å²) >= 11 is 0. The highest BCUT2D eigenvalue weighted by Gasteiger charge is 2.34. The number of fused-ring (bicyclic) bond motifs is 1.